The molecule has 0 aliphatic carbocycles. The molecule has 0 amide bonds. The molecule has 0 saturated carbocycles. The summed E-state index contributed by atoms with van der Waals surface area (Å²) in [5.74, 6) is -0.0681. The summed E-state index contributed by atoms with van der Waals surface area (Å²) in [5, 5.41) is 0.392. The Morgan fingerprint density at radius 1 is 1.22 bits per heavy atom. The maximum Gasteiger partial charge on any atom is 0.343 e. The van der Waals surface area contributed by atoms with Crippen LogP contribution in [0.25, 0.3) is 0 Å². The highest BCUT2D eigenvalue weighted by molar-refractivity contribution is 14.1. The predicted molar refractivity (Wildman–Crippen MR) is 83.3 cm³/mol. The molecule has 0 bridgehead atoms. The van der Waals surface area contributed by atoms with E-state index in [1.807, 2.05) is 12.1 Å². The van der Waals surface area contributed by atoms with Crippen LogP contribution in [0.3, 0.4) is 0 Å². The first-order valence-corrected chi connectivity index (χ1v) is 7.24. The van der Waals surface area contributed by atoms with Crippen molar-refractivity contribution >= 4 is 56.1 Å². The van der Waals surface area contributed by atoms with Gasteiger partial charge in [0.25, 0.3) is 0 Å². The molecule has 0 unspecified atom stereocenters. The third kappa shape index (κ3) is 3.46. The van der Waals surface area contributed by atoms with Crippen molar-refractivity contribution in [3.63, 3.8) is 0 Å². The Labute approximate surface area is 132 Å². The van der Waals surface area contributed by atoms with Gasteiger partial charge >= 0.3 is 5.97 Å². The first-order valence-electron chi connectivity index (χ1n) is 4.99. The monoisotopic (exact) mass is 436 g/mol. The van der Waals surface area contributed by atoms with Crippen molar-refractivity contribution in [3.05, 3.63) is 61.1 Å². The van der Waals surface area contributed by atoms with Gasteiger partial charge in [0.2, 0.25) is 0 Å². The van der Waals surface area contributed by atoms with Gasteiger partial charge in [-0.2, -0.15) is 0 Å². The highest BCUT2D eigenvalue weighted by Crippen LogP contribution is 2.28. The van der Waals surface area contributed by atoms with E-state index in [0.29, 0.717) is 16.3 Å². The van der Waals surface area contributed by atoms with Gasteiger partial charge in [-0.1, -0.05) is 33.6 Å². The second-order valence-corrected chi connectivity index (χ2v) is 6.04. The molecule has 0 heterocycles. The Hall–Kier alpha value is -0.590. The SMILES string of the molecule is O=C(Oc1ccc(Br)cc1Cl)c1cccc(I)c1. The largest absolute Gasteiger partial charge is 0.421 e. The fourth-order valence-corrected chi connectivity index (χ4v) is 2.59. The first-order chi connectivity index (χ1) is 8.56. The van der Waals surface area contributed by atoms with Crippen LogP contribution in [0.1, 0.15) is 10.4 Å². The van der Waals surface area contributed by atoms with Gasteiger partial charge in [0.15, 0.2) is 0 Å². The van der Waals surface area contributed by atoms with Crippen LogP contribution >= 0.6 is 50.1 Å². The second-order valence-electron chi connectivity index (χ2n) is 3.47. The lowest BCUT2D eigenvalue weighted by Crippen LogP contribution is -2.08. The van der Waals surface area contributed by atoms with Gasteiger partial charge in [0, 0.05) is 8.04 Å². The highest BCUT2D eigenvalue weighted by atomic mass is 127. The van der Waals surface area contributed by atoms with Crippen molar-refractivity contribution in [1.29, 1.82) is 0 Å². The summed E-state index contributed by atoms with van der Waals surface area (Å²) in [6.45, 7) is 0. The minimum Gasteiger partial charge on any atom is -0.421 e. The molecule has 2 rings (SSSR count). The Balaban J connectivity index is 2.21. The van der Waals surface area contributed by atoms with Crippen LogP contribution < -0.4 is 4.74 Å². The Morgan fingerprint density at radius 3 is 2.67 bits per heavy atom. The topological polar surface area (TPSA) is 26.3 Å². The van der Waals surface area contributed by atoms with Gasteiger partial charge < -0.3 is 4.74 Å². The minimum absolute atomic E-state index is 0.351. The summed E-state index contributed by atoms with van der Waals surface area (Å²) in [6.07, 6.45) is 0. The van der Waals surface area contributed by atoms with Crippen molar-refractivity contribution in [3.8, 4) is 5.75 Å². The third-order valence-corrected chi connectivity index (χ3v) is 3.62. The lowest BCUT2D eigenvalue weighted by Gasteiger charge is -2.06. The maximum atomic E-state index is 11.9. The van der Waals surface area contributed by atoms with E-state index in [9.17, 15) is 4.79 Å². The van der Waals surface area contributed by atoms with Crippen LogP contribution in [0.2, 0.25) is 5.02 Å². The summed E-state index contributed by atoms with van der Waals surface area (Å²) in [4.78, 5) is 11.9. The van der Waals surface area contributed by atoms with Crippen LogP contribution in [-0.2, 0) is 0 Å². The molecule has 0 atom stereocenters. The maximum absolute atomic E-state index is 11.9. The molecule has 0 radical (unpaired) electrons. The lowest BCUT2D eigenvalue weighted by molar-refractivity contribution is 0.0735. The van der Waals surface area contributed by atoms with E-state index < -0.39 is 5.97 Å². The zero-order valence-corrected chi connectivity index (χ0v) is 13.5. The van der Waals surface area contributed by atoms with E-state index in [0.717, 1.165) is 8.04 Å². The lowest BCUT2D eigenvalue weighted by atomic mass is 10.2. The molecule has 0 fully saturated rings. The predicted octanol–water partition coefficient (Wildman–Crippen LogP) is 4.93. The van der Waals surface area contributed by atoms with Crippen molar-refractivity contribution in [2.75, 3.05) is 0 Å². The van der Waals surface area contributed by atoms with E-state index in [4.69, 9.17) is 16.3 Å². The number of halogens is 3. The summed E-state index contributed by atoms with van der Waals surface area (Å²) >= 11 is 11.4. The molecule has 5 heteroatoms. The molecular formula is C13H7BrClIO2. The van der Waals surface area contributed by atoms with Crippen LogP contribution in [0.4, 0.5) is 0 Å². The molecule has 0 aliphatic heterocycles. The number of esters is 1. The number of carbonyl (C=O) groups excluding carboxylic acids is 1. The van der Waals surface area contributed by atoms with E-state index in [1.54, 1.807) is 30.3 Å². The Morgan fingerprint density at radius 2 is 2.00 bits per heavy atom. The van der Waals surface area contributed by atoms with Gasteiger partial charge in [-0.3, -0.25) is 0 Å². The van der Waals surface area contributed by atoms with Crippen molar-refractivity contribution in [1.82, 2.24) is 0 Å². The normalized spacial score (nSPS) is 10.2. The van der Waals surface area contributed by atoms with E-state index in [1.165, 1.54) is 0 Å². The molecule has 0 aromatic heterocycles. The van der Waals surface area contributed by atoms with E-state index >= 15 is 0 Å². The molecule has 92 valence electrons. The number of benzene rings is 2. The van der Waals surface area contributed by atoms with E-state index in [2.05, 4.69) is 38.5 Å². The number of carbonyl (C=O) groups is 1. The van der Waals surface area contributed by atoms with Crippen molar-refractivity contribution < 1.29 is 9.53 Å². The van der Waals surface area contributed by atoms with Gasteiger partial charge in [0.1, 0.15) is 5.75 Å². The summed E-state index contributed by atoms with van der Waals surface area (Å²) in [7, 11) is 0. The number of hydrogen-bond acceptors (Lipinski definition) is 2. The van der Waals surface area contributed by atoms with Crippen LogP contribution in [0.15, 0.2) is 46.9 Å². The van der Waals surface area contributed by atoms with Crippen LogP contribution in [0.5, 0.6) is 5.75 Å². The van der Waals surface area contributed by atoms with Crippen molar-refractivity contribution in [2.45, 2.75) is 0 Å². The molecule has 0 N–H and O–H groups in total. The minimum atomic E-state index is -0.419. The molecule has 0 saturated heterocycles. The fourth-order valence-electron chi connectivity index (χ4n) is 1.33. The first kappa shape index (κ1) is 13.8. The van der Waals surface area contributed by atoms with Crippen LogP contribution in [-0.4, -0.2) is 5.97 Å². The van der Waals surface area contributed by atoms with Gasteiger partial charge in [0.05, 0.1) is 10.6 Å². The van der Waals surface area contributed by atoms with Gasteiger partial charge in [-0.15, -0.1) is 0 Å². The Bertz CT molecular complexity index is 601. The van der Waals surface area contributed by atoms with Crippen LogP contribution in [0, 0.1) is 3.57 Å². The fraction of sp³-hybridized carbons (Fsp3) is 0. The van der Waals surface area contributed by atoms with E-state index in [-0.39, 0.29) is 0 Å². The summed E-state index contributed by atoms with van der Waals surface area (Å²) in [6, 6.07) is 12.3. The molecule has 18 heavy (non-hydrogen) atoms. The van der Waals surface area contributed by atoms with Gasteiger partial charge in [-0.25, -0.2) is 4.79 Å². The highest BCUT2D eigenvalue weighted by Gasteiger charge is 2.11. The number of hydrogen-bond donors (Lipinski definition) is 0. The van der Waals surface area contributed by atoms with Gasteiger partial charge in [-0.05, 0) is 59.0 Å². The summed E-state index contributed by atoms with van der Waals surface area (Å²) in [5.41, 5.74) is 0.501. The average Bonchev–Trinajstić information content (AvgIpc) is 2.32. The average molecular weight is 437 g/mol. The third-order valence-electron chi connectivity index (χ3n) is 2.16. The standard InChI is InChI=1S/C13H7BrClIO2/c14-9-4-5-12(11(15)7-9)18-13(17)8-2-1-3-10(16)6-8/h1-7H. The number of rotatable bonds is 2. The zero-order valence-electron chi connectivity index (χ0n) is 8.99. The number of ether oxygens (including phenoxy) is 1. The smallest absolute Gasteiger partial charge is 0.343 e. The van der Waals surface area contributed by atoms with Crippen molar-refractivity contribution in [2.24, 2.45) is 0 Å². The Kier molecular flexibility index (Phi) is 4.64. The quantitative estimate of drug-likeness (QED) is 0.379. The molecule has 0 aliphatic rings. The molecular weight excluding hydrogens is 430 g/mol. The zero-order chi connectivity index (χ0) is 13.1. The second kappa shape index (κ2) is 6.04. The molecule has 2 aromatic rings. The molecule has 2 aromatic carbocycles. The molecule has 2 nitrogen and oxygen atoms in total. The summed E-state index contributed by atoms with van der Waals surface area (Å²) < 4.78 is 7.06. The molecule has 0 spiro atoms.